The first kappa shape index (κ1) is 32.7. The van der Waals surface area contributed by atoms with E-state index in [1.165, 1.54) is 83.4 Å². The zero-order valence-electron chi connectivity index (χ0n) is 30.8. The summed E-state index contributed by atoms with van der Waals surface area (Å²) in [7, 11) is 0. The second-order valence-corrected chi connectivity index (χ2v) is 14.6. The molecule has 0 bridgehead atoms. The van der Waals surface area contributed by atoms with E-state index in [-0.39, 0.29) is 6.04 Å². The molecule has 0 spiro atoms. The van der Waals surface area contributed by atoms with Gasteiger partial charge < -0.3 is 9.47 Å². The van der Waals surface area contributed by atoms with Gasteiger partial charge in [-0.3, -0.25) is 0 Å². The maximum atomic E-state index is 2.47. The molecule has 2 atom stereocenters. The van der Waals surface area contributed by atoms with E-state index in [0.29, 0.717) is 5.92 Å². The van der Waals surface area contributed by atoms with Gasteiger partial charge in [0, 0.05) is 33.8 Å². The Morgan fingerprint density at radius 2 is 1.09 bits per heavy atom. The van der Waals surface area contributed by atoms with Crippen LogP contribution >= 0.6 is 0 Å². The summed E-state index contributed by atoms with van der Waals surface area (Å²) in [6.45, 7) is 2.23. The smallest absolute Gasteiger partial charge is 0.0628 e. The first-order valence-electron chi connectivity index (χ1n) is 19.2. The van der Waals surface area contributed by atoms with E-state index in [1.54, 1.807) is 0 Å². The highest BCUT2D eigenvalue weighted by Gasteiger charge is 2.29. The predicted octanol–water partition coefficient (Wildman–Crippen LogP) is 13.8. The number of anilines is 2. The average Bonchev–Trinajstić information content (AvgIpc) is 3.58. The highest BCUT2D eigenvalue weighted by Crippen LogP contribution is 2.39. The fraction of sp³-hybridized carbons (Fsp3) is 0.0566. The van der Waals surface area contributed by atoms with Crippen LogP contribution in [0.15, 0.2) is 218 Å². The van der Waals surface area contributed by atoms with Crippen LogP contribution in [0, 0.1) is 12.8 Å². The van der Waals surface area contributed by atoms with Crippen molar-refractivity contribution in [1.82, 2.24) is 4.57 Å². The minimum atomic E-state index is 0.187. The lowest BCUT2D eigenvalue weighted by atomic mass is 9.83. The predicted molar refractivity (Wildman–Crippen MR) is 233 cm³/mol. The highest BCUT2D eigenvalue weighted by molar-refractivity contribution is 6.10. The van der Waals surface area contributed by atoms with Crippen LogP contribution in [-0.2, 0) is 0 Å². The first-order chi connectivity index (χ1) is 27.2. The van der Waals surface area contributed by atoms with Crippen molar-refractivity contribution >= 4 is 33.2 Å². The molecule has 0 radical (unpaired) electrons. The topological polar surface area (TPSA) is 8.17 Å². The quantitative estimate of drug-likeness (QED) is 0.160. The van der Waals surface area contributed by atoms with Gasteiger partial charge in [-0.05, 0) is 100.0 Å². The lowest BCUT2D eigenvalue weighted by molar-refractivity contribution is 0.640. The van der Waals surface area contributed by atoms with Crippen molar-refractivity contribution in [2.45, 2.75) is 13.0 Å². The molecule has 10 rings (SSSR count). The Labute approximate surface area is 323 Å². The molecule has 0 fully saturated rings. The molecule has 1 aromatic heterocycles. The van der Waals surface area contributed by atoms with Crippen LogP contribution in [0.3, 0.4) is 0 Å². The van der Waals surface area contributed by atoms with Crippen LogP contribution in [-0.4, -0.2) is 10.6 Å². The van der Waals surface area contributed by atoms with E-state index in [9.17, 15) is 0 Å². The largest absolute Gasteiger partial charge is 0.334 e. The summed E-state index contributed by atoms with van der Waals surface area (Å²) in [4.78, 5) is 2.47. The lowest BCUT2D eigenvalue weighted by Gasteiger charge is -2.38. The second-order valence-electron chi connectivity index (χ2n) is 14.6. The zero-order valence-corrected chi connectivity index (χ0v) is 30.8. The van der Waals surface area contributed by atoms with E-state index < -0.39 is 0 Å². The van der Waals surface area contributed by atoms with E-state index in [2.05, 4.69) is 229 Å². The fourth-order valence-electron chi connectivity index (χ4n) is 8.61. The van der Waals surface area contributed by atoms with E-state index in [0.717, 1.165) is 0 Å². The Balaban J connectivity index is 0.925. The van der Waals surface area contributed by atoms with Gasteiger partial charge >= 0.3 is 0 Å². The SMILES string of the molecule is Cc1cc(-c2ccc3c4ccccc4n(-c4ccccc4)c3c2)ccc1-c1ccc(-c2ccc(N(c3ccccc3)C3C=CC=C4C=CC=CC43)cc2)cc1. The number of hydrogen-bond acceptors (Lipinski definition) is 1. The molecular weight excluding hydrogens is 665 g/mol. The van der Waals surface area contributed by atoms with E-state index in [4.69, 9.17) is 0 Å². The number of aryl methyl sites for hydroxylation is 1. The van der Waals surface area contributed by atoms with E-state index >= 15 is 0 Å². The van der Waals surface area contributed by atoms with Crippen molar-refractivity contribution in [2.24, 2.45) is 5.92 Å². The fourth-order valence-corrected chi connectivity index (χ4v) is 8.61. The first-order valence-corrected chi connectivity index (χ1v) is 19.2. The van der Waals surface area contributed by atoms with Crippen LogP contribution in [0.2, 0.25) is 0 Å². The summed E-state index contributed by atoms with van der Waals surface area (Å²) in [5.74, 6) is 0.302. The molecule has 1 heterocycles. The molecule has 0 aliphatic heterocycles. The molecule has 2 aliphatic rings. The Bertz CT molecular complexity index is 2800. The van der Waals surface area contributed by atoms with Gasteiger partial charge in [-0.15, -0.1) is 0 Å². The molecular formula is C53H40N2. The van der Waals surface area contributed by atoms with Crippen molar-refractivity contribution in [1.29, 1.82) is 0 Å². The minimum Gasteiger partial charge on any atom is -0.334 e. The second kappa shape index (κ2) is 13.8. The zero-order chi connectivity index (χ0) is 36.7. The molecule has 0 N–H and O–H groups in total. The number of fused-ring (bicyclic) bond motifs is 4. The lowest BCUT2D eigenvalue weighted by Crippen LogP contribution is -2.37. The van der Waals surface area contributed by atoms with Gasteiger partial charge in [-0.25, -0.2) is 0 Å². The number of rotatable bonds is 7. The number of nitrogens with zero attached hydrogens (tertiary/aromatic N) is 2. The third kappa shape index (κ3) is 5.93. The van der Waals surface area contributed by atoms with Crippen molar-refractivity contribution in [3.63, 3.8) is 0 Å². The average molecular weight is 705 g/mol. The number of benzene rings is 7. The molecule has 262 valence electrons. The standard InChI is InChI=1S/C53H40N2/c1-37-35-42(43-30-34-50-49-20-10-11-21-52(49)55(53(50)36-43)45-17-6-3-7-18-45)29-33-47(37)41-25-23-38(24-26-41)39-27-31-46(32-28-39)54(44-15-4-2-5-16-44)51-22-12-14-40-13-8-9-19-48(40)51/h2-36,48,51H,1H3. The summed E-state index contributed by atoms with van der Waals surface area (Å²) in [5, 5.41) is 2.54. The summed E-state index contributed by atoms with van der Waals surface area (Å²) in [6.07, 6.45) is 15.6. The van der Waals surface area contributed by atoms with Crippen molar-refractivity contribution in [3.05, 3.63) is 224 Å². The molecule has 0 saturated heterocycles. The Hall–Kier alpha value is -6.90. The summed E-state index contributed by atoms with van der Waals surface area (Å²) in [6, 6.07) is 62.2. The molecule has 0 amide bonds. The van der Waals surface area contributed by atoms with Crippen LogP contribution < -0.4 is 4.90 Å². The maximum Gasteiger partial charge on any atom is 0.0628 e. The van der Waals surface area contributed by atoms with Crippen molar-refractivity contribution < 1.29 is 0 Å². The molecule has 2 aliphatic carbocycles. The molecule has 2 nitrogen and oxygen atoms in total. The van der Waals surface area contributed by atoms with E-state index in [1.807, 2.05) is 0 Å². The van der Waals surface area contributed by atoms with Gasteiger partial charge in [0.25, 0.3) is 0 Å². The minimum absolute atomic E-state index is 0.187. The van der Waals surface area contributed by atoms with Crippen LogP contribution in [0.25, 0.3) is 60.9 Å². The number of allylic oxidation sites excluding steroid dienone is 5. The monoisotopic (exact) mass is 704 g/mol. The molecule has 7 aromatic carbocycles. The molecule has 8 aromatic rings. The van der Waals surface area contributed by atoms with Crippen LogP contribution in [0.4, 0.5) is 11.4 Å². The summed E-state index contributed by atoms with van der Waals surface area (Å²) < 4.78 is 2.39. The van der Waals surface area contributed by atoms with Crippen molar-refractivity contribution in [2.75, 3.05) is 4.90 Å². The number of aromatic nitrogens is 1. The van der Waals surface area contributed by atoms with Gasteiger partial charge in [-0.2, -0.15) is 0 Å². The molecule has 0 saturated carbocycles. The Morgan fingerprint density at radius 1 is 0.473 bits per heavy atom. The third-order valence-corrected chi connectivity index (χ3v) is 11.3. The van der Waals surface area contributed by atoms with Gasteiger partial charge in [0.05, 0.1) is 17.1 Å². The Morgan fingerprint density at radius 3 is 1.87 bits per heavy atom. The summed E-state index contributed by atoms with van der Waals surface area (Å²) >= 11 is 0. The molecule has 2 unspecified atom stereocenters. The molecule has 55 heavy (non-hydrogen) atoms. The van der Waals surface area contributed by atoms with Gasteiger partial charge in [0.2, 0.25) is 0 Å². The summed E-state index contributed by atoms with van der Waals surface area (Å²) in [5.41, 5.74) is 15.9. The number of para-hydroxylation sites is 3. The highest BCUT2D eigenvalue weighted by atomic mass is 15.2. The van der Waals surface area contributed by atoms with Gasteiger partial charge in [-0.1, -0.05) is 164 Å². The number of hydrogen-bond donors (Lipinski definition) is 0. The third-order valence-electron chi connectivity index (χ3n) is 11.3. The van der Waals surface area contributed by atoms with Crippen LogP contribution in [0.1, 0.15) is 5.56 Å². The van der Waals surface area contributed by atoms with Crippen LogP contribution in [0.5, 0.6) is 0 Å². The normalized spacial score (nSPS) is 16.0. The van der Waals surface area contributed by atoms with Gasteiger partial charge in [0.15, 0.2) is 0 Å². The van der Waals surface area contributed by atoms with Crippen molar-refractivity contribution in [3.8, 4) is 39.1 Å². The molecule has 2 heteroatoms. The maximum absolute atomic E-state index is 2.47. The van der Waals surface area contributed by atoms with Gasteiger partial charge in [0.1, 0.15) is 0 Å². The Kier molecular flexibility index (Phi) is 8.22.